The number of pyridine rings is 1. The van der Waals surface area contributed by atoms with Crippen LogP contribution in [0.5, 0.6) is 5.75 Å². The number of benzene rings is 2. The van der Waals surface area contributed by atoms with Gasteiger partial charge in [-0.1, -0.05) is 65.9 Å². The van der Waals surface area contributed by atoms with Gasteiger partial charge in [0.2, 0.25) is 0 Å². The van der Waals surface area contributed by atoms with Crippen LogP contribution in [0.15, 0.2) is 71.9 Å². The van der Waals surface area contributed by atoms with Gasteiger partial charge in [0.15, 0.2) is 12.4 Å². The molecule has 0 aliphatic carbocycles. The van der Waals surface area contributed by atoms with Crippen molar-refractivity contribution in [2.45, 2.75) is 13.2 Å². The Morgan fingerprint density at radius 1 is 1.18 bits per heavy atom. The molecule has 0 atom stereocenters. The summed E-state index contributed by atoms with van der Waals surface area (Å²) in [4.78, 5) is 28.8. The van der Waals surface area contributed by atoms with E-state index in [1.807, 2.05) is 18.3 Å². The normalized spacial score (nSPS) is 14.7. The van der Waals surface area contributed by atoms with E-state index in [1.165, 1.54) is 23.9 Å². The topological polar surface area (TPSA) is 83.8 Å². The number of carboxylic acid groups (broad SMARTS) is 1. The van der Waals surface area contributed by atoms with E-state index in [0.717, 1.165) is 16.7 Å². The third kappa shape index (κ3) is 5.60. The van der Waals surface area contributed by atoms with Crippen LogP contribution in [0.3, 0.4) is 0 Å². The number of hydrogen-bond donors (Lipinski definition) is 0. The van der Waals surface area contributed by atoms with Crippen LogP contribution < -0.4 is 14.8 Å². The van der Waals surface area contributed by atoms with Crippen LogP contribution in [0.1, 0.15) is 27.0 Å². The minimum atomic E-state index is -1.23. The third-order valence-electron chi connectivity index (χ3n) is 4.82. The Bertz CT molecular complexity index is 1250. The Labute approximate surface area is 204 Å². The Morgan fingerprint density at radius 3 is 2.64 bits per heavy atom. The van der Waals surface area contributed by atoms with E-state index >= 15 is 0 Å². The molecule has 1 amide bonds. The maximum Gasteiger partial charge on any atom is 0.266 e. The molecule has 4 rings (SSSR count). The fraction of sp³-hybridized carbons (Fsp3) is 0.0833. The van der Waals surface area contributed by atoms with E-state index < -0.39 is 5.97 Å². The number of aromatic amines is 1. The molecule has 0 saturated carbocycles. The first-order chi connectivity index (χ1) is 15.9. The number of H-pyrrole nitrogens is 1. The van der Waals surface area contributed by atoms with Crippen LogP contribution in [-0.2, 0) is 17.9 Å². The monoisotopic (exact) mass is 496 g/mol. The van der Waals surface area contributed by atoms with E-state index in [1.54, 1.807) is 47.5 Å². The number of nitrogens with one attached hydrogen (secondary N) is 1. The summed E-state index contributed by atoms with van der Waals surface area (Å²) in [5, 5.41) is 11.2. The SMILES string of the molecule is O=C([O-])c1ccc(COc2ccc(/C=C3\SC(=S)N(Cc4ccc[nH+]c4)C3=O)cc2Cl)cc1. The van der Waals surface area contributed by atoms with Crippen molar-refractivity contribution in [3.05, 3.63) is 99.2 Å². The maximum absolute atomic E-state index is 12.8. The first-order valence-corrected chi connectivity index (χ1v) is 11.4. The molecule has 1 N–H and O–H groups in total. The lowest BCUT2D eigenvalue weighted by atomic mass is 10.1. The van der Waals surface area contributed by atoms with Crippen LogP contribution in [0.4, 0.5) is 0 Å². The van der Waals surface area contributed by atoms with E-state index in [0.29, 0.717) is 26.5 Å². The first-order valence-electron chi connectivity index (χ1n) is 9.84. The van der Waals surface area contributed by atoms with Crippen LogP contribution in [-0.4, -0.2) is 21.1 Å². The molecule has 1 saturated heterocycles. The zero-order chi connectivity index (χ0) is 23.4. The molecule has 9 heteroatoms. The molecule has 1 aliphatic heterocycles. The van der Waals surface area contributed by atoms with Gasteiger partial charge < -0.3 is 14.6 Å². The van der Waals surface area contributed by atoms with Gasteiger partial charge in [0.25, 0.3) is 5.91 Å². The molecule has 166 valence electrons. The Morgan fingerprint density at radius 2 is 1.97 bits per heavy atom. The van der Waals surface area contributed by atoms with Crippen molar-refractivity contribution in [1.82, 2.24) is 4.90 Å². The van der Waals surface area contributed by atoms with Gasteiger partial charge >= 0.3 is 0 Å². The van der Waals surface area contributed by atoms with Crippen molar-refractivity contribution in [2.24, 2.45) is 0 Å². The predicted octanol–water partition coefficient (Wildman–Crippen LogP) is 3.50. The van der Waals surface area contributed by atoms with Crippen molar-refractivity contribution in [3.63, 3.8) is 0 Å². The van der Waals surface area contributed by atoms with Crippen LogP contribution in [0.2, 0.25) is 5.02 Å². The smallest absolute Gasteiger partial charge is 0.266 e. The van der Waals surface area contributed by atoms with E-state index in [-0.39, 0.29) is 18.1 Å². The fourth-order valence-electron chi connectivity index (χ4n) is 3.12. The lowest BCUT2D eigenvalue weighted by Crippen LogP contribution is -2.27. The quantitative estimate of drug-likeness (QED) is 0.368. The molecule has 1 aromatic heterocycles. The van der Waals surface area contributed by atoms with Crippen molar-refractivity contribution >= 4 is 57.9 Å². The van der Waals surface area contributed by atoms with E-state index in [9.17, 15) is 14.7 Å². The van der Waals surface area contributed by atoms with Crippen molar-refractivity contribution in [3.8, 4) is 5.75 Å². The number of carbonyl (C=O) groups is 2. The molecule has 6 nitrogen and oxygen atoms in total. The predicted molar refractivity (Wildman–Crippen MR) is 128 cm³/mol. The summed E-state index contributed by atoms with van der Waals surface area (Å²) in [7, 11) is 0. The highest BCUT2D eigenvalue weighted by Gasteiger charge is 2.32. The fourth-order valence-corrected chi connectivity index (χ4v) is 4.62. The van der Waals surface area contributed by atoms with Crippen LogP contribution in [0.25, 0.3) is 6.08 Å². The highest BCUT2D eigenvalue weighted by molar-refractivity contribution is 8.26. The standard InChI is InChI=1S/C24H17ClN2O4S2/c25-19-10-16(5-8-20(19)31-14-15-3-6-18(7-4-15)23(29)30)11-21-22(28)27(24(32)33-21)13-17-2-1-9-26-12-17/h1-12H,13-14H2,(H,29,30)/b21-11-. The zero-order valence-corrected chi connectivity index (χ0v) is 19.5. The Kier molecular flexibility index (Phi) is 7.08. The molecule has 2 heterocycles. The van der Waals surface area contributed by atoms with Gasteiger partial charge in [0, 0.05) is 11.6 Å². The summed E-state index contributed by atoms with van der Waals surface area (Å²) in [6, 6.07) is 15.3. The minimum absolute atomic E-state index is 0.105. The summed E-state index contributed by atoms with van der Waals surface area (Å²) in [6.07, 6.45) is 5.39. The molecular formula is C24H17ClN2O4S2. The number of nitrogens with zero attached hydrogens (tertiary/aromatic N) is 1. The Balaban J connectivity index is 1.42. The van der Waals surface area contributed by atoms with Crippen molar-refractivity contribution in [2.75, 3.05) is 0 Å². The van der Waals surface area contributed by atoms with E-state index in [4.69, 9.17) is 28.6 Å². The molecule has 3 aromatic rings. The highest BCUT2D eigenvalue weighted by atomic mass is 35.5. The molecule has 0 spiro atoms. The molecular weight excluding hydrogens is 480 g/mol. The molecule has 0 unspecified atom stereocenters. The number of ether oxygens (including phenoxy) is 1. The minimum Gasteiger partial charge on any atom is -0.545 e. The average Bonchev–Trinajstić information content (AvgIpc) is 3.07. The molecule has 0 bridgehead atoms. The molecule has 1 fully saturated rings. The molecule has 2 aromatic carbocycles. The number of aromatic nitrogens is 1. The molecule has 1 aliphatic rings. The molecule has 33 heavy (non-hydrogen) atoms. The summed E-state index contributed by atoms with van der Waals surface area (Å²) in [5.74, 6) is -0.896. The lowest BCUT2D eigenvalue weighted by molar-refractivity contribution is -0.378. The number of hydrogen-bond acceptors (Lipinski definition) is 6. The number of amides is 1. The van der Waals surface area contributed by atoms with Crippen molar-refractivity contribution in [1.29, 1.82) is 0 Å². The number of carboxylic acids is 1. The van der Waals surface area contributed by atoms with Gasteiger partial charge in [-0.05, 0) is 41.0 Å². The van der Waals surface area contributed by atoms with Gasteiger partial charge in [-0.3, -0.25) is 9.69 Å². The largest absolute Gasteiger partial charge is 0.545 e. The van der Waals surface area contributed by atoms with Crippen LogP contribution >= 0.6 is 35.6 Å². The second-order valence-corrected chi connectivity index (χ2v) is 9.23. The number of rotatable bonds is 7. The second kappa shape index (κ2) is 10.2. The summed E-state index contributed by atoms with van der Waals surface area (Å²) in [5.41, 5.74) is 2.60. The Hall–Kier alpha value is -3.20. The lowest BCUT2D eigenvalue weighted by Gasteiger charge is -2.13. The summed E-state index contributed by atoms with van der Waals surface area (Å²) >= 11 is 13.0. The average molecular weight is 497 g/mol. The zero-order valence-electron chi connectivity index (χ0n) is 17.1. The summed E-state index contributed by atoms with van der Waals surface area (Å²) < 4.78 is 6.26. The highest BCUT2D eigenvalue weighted by Crippen LogP contribution is 2.35. The first kappa shape index (κ1) is 23.0. The van der Waals surface area contributed by atoms with Crippen LogP contribution in [0, 0.1) is 0 Å². The molecule has 0 radical (unpaired) electrons. The van der Waals surface area contributed by atoms with E-state index in [2.05, 4.69) is 4.98 Å². The number of halogens is 1. The number of thiocarbonyl (C=S) groups is 1. The number of aromatic carboxylic acids is 1. The van der Waals surface area contributed by atoms with Gasteiger partial charge in [-0.15, -0.1) is 0 Å². The number of thioether (sulfide) groups is 1. The second-order valence-electron chi connectivity index (χ2n) is 7.14. The van der Waals surface area contributed by atoms with Crippen molar-refractivity contribution < 1.29 is 24.4 Å². The summed E-state index contributed by atoms with van der Waals surface area (Å²) in [6.45, 7) is 0.624. The van der Waals surface area contributed by atoms with Gasteiger partial charge in [-0.2, -0.15) is 0 Å². The van der Waals surface area contributed by atoms with Gasteiger partial charge in [-0.25, -0.2) is 4.98 Å². The maximum atomic E-state index is 12.8. The third-order valence-corrected chi connectivity index (χ3v) is 6.50. The van der Waals surface area contributed by atoms with Gasteiger partial charge in [0.05, 0.1) is 22.4 Å². The van der Waals surface area contributed by atoms with Gasteiger partial charge in [0.1, 0.15) is 16.7 Å². The number of carbonyl (C=O) groups excluding carboxylic acids is 2.